The van der Waals surface area contributed by atoms with Gasteiger partial charge in [0.2, 0.25) is 0 Å². The lowest BCUT2D eigenvalue weighted by molar-refractivity contribution is 0.101. The van der Waals surface area contributed by atoms with Gasteiger partial charge in [0.25, 0.3) is 0 Å². The van der Waals surface area contributed by atoms with Crippen molar-refractivity contribution >= 4 is 6.09 Å². The molecule has 2 bridgehead atoms. The number of likely N-dealkylation sites (tertiary alicyclic amines) is 1. The number of hydrogen-bond donors (Lipinski definition) is 0. The smallest absolute Gasteiger partial charge is 0.410 e. The third kappa shape index (κ3) is 1.01. The second-order valence-corrected chi connectivity index (χ2v) is 4.92. The Morgan fingerprint density at radius 3 is 2.93 bits per heavy atom. The van der Waals surface area contributed by atoms with Crippen LogP contribution in [0.25, 0.3) is 0 Å². The average molecular weight is 195 g/mol. The molecule has 0 spiro atoms. The van der Waals surface area contributed by atoms with Crippen molar-refractivity contribution < 1.29 is 9.53 Å². The highest BCUT2D eigenvalue weighted by Gasteiger charge is 2.55. The normalized spacial score (nSPS) is 43.4. The van der Waals surface area contributed by atoms with E-state index in [0.717, 1.165) is 24.3 Å². The summed E-state index contributed by atoms with van der Waals surface area (Å²) in [6.07, 6.45) is 3.88. The maximum Gasteiger partial charge on any atom is 0.410 e. The van der Waals surface area contributed by atoms with E-state index < -0.39 is 0 Å². The van der Waals surface area contributed by atoms with Crippen LogP contribution in [0.3, 0.4) is 0 Å². The van der Waals surface area contributed by atoms with Gasteiger partial charge in [0.15, 0.2) is 0 Å². The largest absolute Gasteiger partial charge is 0.450 e. The molecular weight excluding hydrogens is 178 g/mol. The predicted octanol–water partition coefficient (Wildman–Crippen LogP) is 1.87. The number of hydrogen-bond acceptors (Lipinski definition) is 2. The van der Waals surface area contributed by atoms with E-state index in [0.29, 0.717) is 12.6 Å². The van der Waals surface area contributed by atoms with Crippen molar-refractivity contribution in [2.24, 2.45) is 17.8 Å². The van der Waals surface area contributed by atoms with Crippen LogP contribution in [0, 0.1) is 17.8 Å². The van der Waals surface area contributed by atoms with Gasteiger partial charge in [0, 0.05) is 12.6 Å². The van der Waals surface area contributed by atoms with Gasteiger partial charge in [-0.15, -0.1) is 0 Å². The van der Waals surface area contributed by atoms with Gasteiger partial charge in [-0.3, -0.25) is 0 Å². The zero-order valence-corrected chi connectivity index (χ0v) is 8.61. The fourth-order valence-electron chi connectivity index (χ4n) is 3.83. The van der Waals surface area contributed by atoms with Gasteiger partial charge in [-0.1, -0.05) is 0 Å². The lowest BCUT2D eigenvalue weighted by Crippen LogP contribution is -2.36. The Kier molecular flexibility index (Phi) is 1.76. The van der Waals surface area contributed by atoms with Crippen LogP contribution >= 0.6 is 0 Å². The molecule has 3 aliphatic rings. The van der Waals surface area contributed by atoms with Gasteiger partial charge in [-0.25, -0.2) is 4.79 Å². The standard InChI is InChI=1S/C11H17NO2/c1-2-14-11(13)12-6-8-3-7-4-9(8)10(12)5-7/h7-10H,2-6H2,1H3/t7-,8+,9+,10-/m0/s1. The van der Waals surface area contributed by atoms with Gasteiger partial charge in [-0.05, 0) is 43.9 Å². The number of amides is 1. The first kappa shape index (κ1) is 8.57. The summed E-state index contributed by atoms with van der Waals surface area (Å²) < 4.78 is 5.09. The van der Waals surface area contributed by atoms with E-state index in [2.05, 4.69) is 0 Å². The first-order valence-corrected chi connectivity index (χ1v) is 5.73. The molecular formula is C11H17NO2. The third-order valence-corrected chi connectivity index (χ3v) is 4.25. The van der Waals surface area contributed by atoms with E-state index in [1.54, 1.807) is 0 Å². The summed E-state index contributed by atoms with van der Waals surface area (Å²) in [4.78, 5) is 13.6. The highest BCUT2D eigenvalue weighted by molar-refractivity contribution is 5.68. The van der Waals surface area contributed by atoms with E-state index in [9.17, 15) is 4.79 Å². The van der Waals surface area contributed by atoms with E-state index >= 15 is 0 Å². The summed E-state index contributed by atoms with van der Waals surface area (Å²) in [5.74, 6) is 2.52. The molecule has 0 aromatic heterocycles. The first-order valence-electron chi connectivity index (χ1n) is 5.73. The molecule has 1 saturated heterocycles. The molecule has 1 amide bonds. The third-order valence-electron chi connectivity index (χ3n) is 4.25. The average Bonchev–Trinajstić information content (AvgIpc) is 2.73. The van der Waals surface area contributed by atoms with E-state index in [-0.39, 0.29) is 6.09 Å². The van der Waals surface area contributed by atoms with Crippen LogP contribution in [0.5, 0.6) is 0 Å². The molecule has 2 aliphatic carbocycles. The summed E-state index contributed by atoms with van der Waals surface area (Å²) in [5.41, 5.74) is 0. The monoisotopic (exact) mass is 195 g/mol. The minimum absolute atomic E-state index is 0.0763. The van der Waals surface area contributed by atoms with Crippen molar-refractivity contribution in [3.8, 4) is 0 Å². The zero-order chi connectivity index (χ0) is 9.71. The lowest BCUT2D eigenvalue weighted by atomic mass is 9.90. The molecule has 0 aromatic carbocycles. The van der Waals surface area contributed by atoms with E-state index in [1.807, 2.05) is 11.8 Å². The van der Waals surface area contributed by atoms with Gasteiger partial charge >= 0.3 is 6.09 Å². The van der Waals surface area contributed by atoms with Crippen molar-refractivity contribution in [3.05, 3.63) is 0 Å². The van der Waals surface area contributed by atoms with E-state index in [1.165, 1.54) is 19.3 Å². The van der Waals surface area contributed by atoms with Crippen LogP contribution in [0.4, 0.5) is 4.79 Å². The van der Waals surface area contributed by atoms with Gasteiger partial charge in [-0.2, -0.15) is 0 Å². The van der Waals surface area contributed by atoms with Crippen LogP contribution in [-0.4, -0.2) is 30.2 Å². The Bertz CT molecular complexity index is 264. The van der Waals surface area contributed by atoms with Crippen LogP contribution in [0.15, 0.2) is 0 Å². The second-order valence-electron chi connectivity index (χ2n) is 4.92. The first-order chi connectivity index (χ1) is 6.79. The maximum absolute atomic E-state index is 11.7. The molecule has 2 saturated carbocycles. The maximum atomic E-state index is 11.7. The molecule has 14 heavy (non-hydrogen) atoms. The summed E-state index contributed by atoms with van der Waals surface area (Å²) in [5, 5.41) is 0. The SMILES string of the molecule is CCOC(=O)N1C[C@H]2C[C@H]3C[C@H]2[C@@H]1C3. The molecule has 1 aliphatic heterocycles. The van der Waals surface area contributed by atoms with Crippen molar-refractivity contribution in [1.82, 2.24) is 4.90 Å². The quantitative estimate of drug-likeness (QED) is 0.639. The number of ether oxygens (including phenoxy) is 1. The van der Waals surface area contributed by atoms with Crippen LogP contribution in [-0.2, 0) is 4.74 Å². The number of fused-ring (bicyclic) bond motifs is 1. The number of nitrogens with zero attached hydrogens (tertiary/aromatic N) is 1. The van der Waals surface area contributed by atoms with Gasteiger partial charge in [0.05, 0.1) is 6.61 Å². The molecule has 3 fully saturated rings. The predicted molar refractivity (Wildman–Crippen MR) is 51.8 cm³/mol. The molecule has 0 unspecified atom stereocenters. The fraction of sp³-hybridized carbons (Fsp3) is 0.909. The van der Waals surface area contributed by atoms with Crippen molar-refractivity contribution in [2.45, 2.75) is 32.2 Å². The highest BCUT2D eigenvalue weighted by atomic mass is 16.6. The molecule has 3 nitrogen and oxygen atoms in total. The van der Waals surface area contributed by atoms with Crippen molar-refractivity contribution in [3.63, 3.8) is 0 Å². The minimum atomic E-state index is -0.0763. The number of carbonyl (C=O) groups is 1. The second kappa shape index (κ2) is 2.88. The molecule has 3 heteroatoms. The van der Waals surface area contributed by atoms with Gasteiger partial charge < -0.3 is 9.64 Å². The zero-order valence-electron chi connectivity index (χ0n) is 8.61. The van der Waals surface area contributed by atoms with Crippen LogP contribution in [0.2, 0.25) is 0 Å². The molecule has 4 atom stereocenters. The summed E-state index contributed by atoms with van der Waals surface area (Å²) in [6.45, 7) is 3.34. The summed E-state index contributed by atoms with van der Waals surface area (Å²) >= 11 is 0. The Balaban J connectivity index is 1.75. The van der Waals surface area contributed by atoms with Crippen molar-refractivity contribution in [1.29, 1.82) is 0 Å². The summed E-state index contributed by atoms with van der Waals surface area (Å²) in [7, 11) is 0. The molecule has 0 N–H and O–H groups in total. The Hall–Kier alpha value is -0.730. The Labute approximate surface area is 84.4 Å². The van der Waals surface area contributed by atoms with Crippen LogP contribution < -0.4 is 0 Å². The molecule has 0 aromatic rings. The fourth-order valence-corrected chi connectivity index (χ4v) is 3.83. The number of carbonyl (C=O) groups excluding carboxylic acids is 1. The van der Waals surface area contributed by atoms with Crippen LogP contribution in [0.1, 0.15) is 26.2 Å². The van der Waals surface area contributed by atoms with Gasteiger partial charge in [0.1, 0.15) is 0 Å². The van der Waals surface area contributed by atoms with E-state index in [4.69, 9.17) is 4.74 Å². The summed E-state index contributed by atoms with van der Waals surface area (Å²) in [6, 6.07) is 0.526. The Morgan fingerprint density at radius 2 is 2.29 bits per heavy atom. The topological polar surface area (TPSA) is 29.5 Å². The molecule has 3 rings (SSSR count). The Morgan fingerprint density at radius 1 is 1.43 bits per heavy atom. The molecule has 0 radical (unpaired) electrons. The molecule has 1 heterocycles. The lowest BCUT2D eigenvalue weighted by Gasteiger charge is -2.23. The minimum Gasteiger partial charge on any atom is -0.450 e. The number of rotatable bonds is 1. The highest BCUT2D eigenvalue weighted by Crippen LogP contribution is 2.54. The molecule has 78 valence electrons. The van der Waals surface area contributed by atoms with Crippen molar-refractivity contribution in [2.75, 3.05) is 13.2 Å².